The van der Waals surface area contributed by atoms with Crippen LogP contribution < -0.4 is 10.2 Å². The first-order valence-corrected chi connectivity index (χ1v) is 11.7. The maximum absolute atomic E-state index is 13.0. The largest absolute Gasteiger partial charge is 0.391 e. The lowest BCUT2D eigenvalue weighted by Crippen LogP contribution is -2.50. The molecule has 3 aliphatic rings. The van der Waals surface area contributed by atoms with Crippen molar-refractivity contribution in [2.24, 2.45) is 0 Å². The van der Waals surface area contributed by atoms with Gasteiger partial charge in [-0.25, -0.2) is 4.98 Å². The minimum absolute atomic E-state index is 0.0170. The lowest BCUT2D eigenvalue weighted by atomic mass is 9.89. The van der Waals surface area contributed by atoms with Crippen LogP contribution in [-0.4, -0.2) is 58.7 Å². The molecule has 0 spiro atoms. The summed E-state index contributed by atoms with van der Waals surface area (Å²) in [4.78, 5) is 21.8. The fraction of sp³-hybridized carbons (Fsp3) is 0.520. The number of hydrogen-bond donors (Lipinski definition) is 2. The highest BCUT2D eigenvalue weighted by atomic mass is 16.3. The van der Waals surface area contributed by atoms with Gasteiger partial charge in [0.15, 0.2) is 0 Å². The summed E-state index contributed by atoms with van der Waals surface area (Å²) in [7, 11) is 0. The van der Waals surface area contributed by atoms with E-state index in [1.165, 1.54) is 12.0 Å². The summed E-state index contributed by atoms with van der Waals surface area (Å²) >= 11 is 0. The zero-order chi connectivity index (χ0) is 21.2. The standard InChI is InChI=1S/C25H32N4O2/c30-23-8-4-3-7-22(23)28-14-12-20(13-15-28)27-24-10-9-19(17-26-24)25(31)29-16-11-18-5-1-2-6-21(18)29/h1-2,5-6,9-10,17,20,22-23,30H,3-4,7-8,11-16H2,(H,26,27). The number of anilines is 2. The Morgan fingerprint density at radius 3 is 2.58 bits per heavy atom. The van der Waals surface area contributed by atoms with Gasteiger partial charge in [0.2, 0.25) is 0 Å². The predicted octanol–water partition coefficient (Wildman–Crippen LogP) is 3.46. The van der Waals surface area contributed by atoms with Crippen molar-refractivity contribution in [1.29, 1.82) is 0 Å². The number of fused-ring (bicyclic) bond motifs is 1. The van der Waals surface area contributed by atoms with Crippen molar-refractivity contribution in [3.8, 4) is 0 Å². The Kier molecular flexibility index (Phi) is 5.92. The van der Waals surface area contributed by atoms with E-state index in [9.17, 15) is 9.90 Å². The number of aliphatic hydroxyl groups excluding tert-OH is 1. The number of amides is 1. The fourth-order valence-electron chi connectivity index (χ4n) is 5.41. The quantitative estimate of drug-likeness (QED) is 0.793. The molecule has 0 bridgehead atoms. The Bertz CT molecular complexity index is 908. The average Bonchev–Trinajstić information content (AvgIpc) is 3.24. The van der Waals surface area contributed by atoms with E-state index in [0.29, 0.717) is 17.6 Å². The normalized spacial score (nSPS) is 24.7. The fourth-order valence-corrected chi connectivity index (χ4v) is 5.41. The van der Waals surface area contributed by atoms with E-state index in [2.05, 4.69) is 21.3 Å². The molecule has 2 unspecified atom stereocenters. The van der Waals surface area contributed by atoms with Crippen LogP contribution in [-0.2, 0) is 6.42 Å². The molecule has 31 heavy (non-hydrogen) atoms. The van der Waals surface area contributed by atoms with Crippen molar-refractivity contribution in [3.63, 3.8) is 0 Å². The zero-order valence-corrected chi connectivity index (χ0v) is 18.0. The second-order valence-electron chi connectivity index (χ2n) is 9.14. The van der Waals surface area contributed by atoms with Gasteiger partial charge in [-0.3, -0.25) is 9.69 Å². The van der Waals surface area contributed by atoms with E-state index in [-0.39, 0.29) is 12.0 Å². The number of para-hydroxylation sites is 1. The van der Waals surface area contributed by atoms with Gasteiger partial charge in [0.05, 0.1) is 11.7 Å². The van der Waals surface area contributed by atoms with Crippen LogP contribution in [0.15, 0.2) is 42.6 Å². The summed E-state index contributed by atoms with van der Waals surface area (Å²) in [5.74, 6) is 0.845. The third-order valence-electron chi connectivity index (χ3n) is 7.19. The van der Waals surface area contributed by atoms with Crippen LogP contribution in [0.3, 0.4) is 0 Å². The highest BCUT2D eigenvalue weighted by Crippen LogP contribution is 2.29. The molecular weight excluding hydrogens is 388 g/mol. The molecule has 1 saturated carbocycles. The lowest BCUT2D eigenvalue weighted by molar-refractivity contribution is 0.00992. The summed E-state index contributed by atoms with van der Waals surface area (Å²) in [5.41, 5.74) is 2.88. The van der Waals surface area contributed by atoms with Gasteiger partial charge in [-0.1, -0.05) is 31.0 Å². The third kappa shape index (κ3) is 4.32. The molecular formula is C25H32N4O2. The Hall–Kier alpha value is -2.44. The number of nitrogens with zero attached hydrogens (tertiary/aromatic N) is 3. The van der Waals surface area contributed by atoms with Crippen LogP contribution >= 0.6 is 0 Å². The molecule has 1 aromatic carbocycles. The van der Waals surface area contributed by atoms with Crippen LogP contribution in [0.25, 0.3) is 0 Å². The molecule has 2 aliphatic heterocycles. The smallest absolute Gasteiger partial charge is 0.259 e. The molecule has 6 nitrogen and oxygen atoms in total. The Morgan fingerprint density at radius 1 is 1.00 bits per heavy atom. The van der Waals surface area contributed by atoms with Crippen LogP contribution in [0.2, 0.25) is 0 Å². The summed E-state index contributed by atoms with van der Waals surface area (Å²) in [6.45, 7) is 2.76. The number of pyridine rings is 1. The first kappa shape index (κ1) is 20.5. The Labute approximate surface area is 184 Å². The van der Waals surface area contributed by atoms with Crippen LogP contribution in [0, 0.1) is 0 Å². The van der Waals surface area contributed by atoms with E-state index < -0.39 is 0 Å². The number of hydrogen-bond acceptors (Lipinski definition) is 5. The van der Waals surface area contributed by atoms with Crippen molar-refractivity contribution >= 4 is 17.4 Å². The number of rotatable bonds is 4. The molecule has 2 fully saturated rings. The molecule has 1 aromatic heterocycles. The molecule has 1 amide bonds. The Morgan fingerprint density at radius 2 is 1.81 bits per heavy atom. The molecule has 1 aliphatic carbocycles. The van der Waals surface area contributed by atoms with Gasteiger partial charge in [0.1, 0.15) is 5.82 Å². The van der Waals surface area contributed by atoms with Crippen LogP contribution in [0.5, 0.6) is 0 Å². The minimum atomic E-state index is -0.160. The van der Waals surface area contributed by atoms with Crippen molar-refractivity contribution in [3.05, 3.63) is 53.7 Å². The minimum Gasteiger partial charge on any atom is -0.391 e. The second-order valence-corrected chi connectivity index (χ2v) is 9.14. The molecule has 6 heteroatoms. The van der Waals surface area contributed by atoms with Gasteiger partial charge in [-0.05, 0) is 55.9 Å². The number of nitrogens with one attached hydrogen (secondary N) is 1. The summed E-state index contributed by atoms with van der Waals surface area (Å²) in [6.07, 6.45) is 9.00. The van der Waals surface area contributed by atoms with Crippen molar-refractivity contribution < 1.29 is 9.90 Å². The first-order chi connectivity index (χ1) is 15.2. The molecule has 2 atom stereocenters. The molecule has 0 radical (unpaired) electrons. The Balaban J connectivity index is 1.16. The number of aliphatic hydroxyl groups is 1. The lowest BCUT2D eigenvalue weighted by Gasteiger charge is -2.41. The van der Waals surface area contributed by atoms with E-state index >= 15 is 0 Å². The SMILES string of the molecule is O=C(c1ccc(NC2CCN(C3CCCCC3O)CC2)nc1)N1CCc2ccccc21. The van der Waals surface area contributed by atoms with Crippen molar-refractivity contribution in [2.45, 2.75) is 63.1 Å². The maximum Gasteiger partial charge on any atom is 0.259 e. The second kappa shape index (κ2) is 8.97. The van der Waals surface area contributed by atoms with Crippen LogP contribution in [0.4, 0.5) is 11.5 Å². The van der Waals surface area contributed by atoms with Gasteiger partial charge < -0.3 is 15.3 Å². The number of aromatic nitrogens is 1. The highest BCUT2D eigenvalue weighted by molar-refractivity contribution is 6.07. The number of carbonyl (C=O) groups is 1. The number of carbonyl (C=O) groups excluding carboxylic acids is 1. The average molecular weight is 421 g/mol. The zero-order valence-electron chi connectivity index (χ0n) is 18.0. The molecule has 1 saturated heterocycles. The molecule has 164 valence electrons. The van der Waals surface area contributed by atoms with Crippen molar-refractivity contribution in [2.75, 3.05) is 29.9 Å². The third-order valence-corrected chi connectivity index (χ3v) is 7.19. The first-order valence-electron chi connectivity index (χ1n) is 11.7. The molecule has 2 N–H and O–H groups in total. The molecule has 2 aromatic rings. The van der Waals surface area contributed by atoms with Gasteiger partial charge in [0.25, 0.3) is 5.91 Å². The van der Waals surface area contributed by atoms with E-state index in [1.54, 1.807) is 6.20 Å². The van der Waals surface area contributed by atoms with Gasteiger partial charge in [-0.2, -0.15) is 0 Å². The summed E-state index contributed by atoms with van der Waals surface area (Å²) in [5, 5.41) is 13.9. The topological polar surface area (TPSA) is 68.7 Å². The van der Waals surface area contributed by atoms with E-state index in [1.807, 2.05) is 35.2 Å². The summed E-state index contributed by atoms with van der Waals surface area (Å²) in [6, 6.07) is 12.6. The number of piperidine rings is 1. The predicted molar refractivity (Wildman–Crippen MR) is 123 cm³/mol. The van der Waals surface area contributed by atoms with Gasteiger partial charge in [0, 0.05) is 43.6 Å². The van der Waals surface area contributed by atoms with E-state index in [4.69, 9.17) is 0 Å². The summed E-state index contributed by atoms with van der Waals surface area (Å²) < 4.78 is 0. The van der Waals surface area contributed by atoms with Crippen molar-refractivity contribution in [1.82, 2.24) is 9.88 Å². The monoisotopic (exact) mass is 420 g/mol. The maximum atomic E-state index is 13.0. The van der Waals surface area contributed by atoms with Crippen LogP contribution in [0.1, 0.15) is 54.4 Å². The number of likely N-dealkylation sites (tertiary alicyclic amines) is 1. The number of benzene rings is 1. The van der Waals surface area contributed by atoms with Gasteiger partial charge >= 0.3 is 0 Å². The highest BCUT2D eigenvalue weighted by Gasteiger charge is 2.31. The molecule has 5 rings (SSSR count). The van der Waals surface area contributed by atoms with Gasteiger partial charge in [-0.15, -0.1) is 0 Å². The molecule has 3 heterocycles. The van der Waals surface area contributed by atoms with E-state index in [0.717, 1.165) is 69.7 Å².